The maximum absolute atomic E-state index is 13.9. The van der Waals surface area contributed by atoms with E-state index in [1.165, 1.54) is 24.6 Å². The molecule has 6 rings (SSSR count). The molecule has 1 saturated carbocycles. The van der Waals surface area contributed by atoms with Gasteiger partial charge in [-0.25, -0.2) is 9.59 Å². The van der Waals surface area contributed by atoms with Crippen LogP contribution in [0.4, 0.5) is 4.79 Å². The number of likely N-dealkylation sites (tertiary alicyclic amines) is 2. The quantitative estimate of drug-likeness (QED) is 0.443. The van der Waals surface area contributed by atoms with Crippen LogP contribution in [-0.4, -0.2) is 109 Å². The molecule has 0 aromatic carbocycles. The van der Waals surface area contributed by atoms with Gasteiger partial charge in [-0.3, -0.25) is 14.6 Å². The van der Waals surface area contributed by atoms with E-state index < -0.39 is 41.1 Å². The van der Waals surface area contributed by atoms with Crippen molar-refractivity contribution in [1.29, 1.82) is 0 Å². The van der Waals surface area contributed by atoms with Gasteiger partial charge < -0.3 is 34.1 Å². The number of amides is 3. The number of methoxy groups -OCH3 is 1. The molecule has 1 aromatic rings. The first-order chi connectivity index (χ1) is 19.8. The highest BCUT2D eigenvalue weighted by atomic mass is 32.1. The third kappa shape index (κ3) is 6.28. The van der Waals surface area contributed by atoms with Gasteiger partial charge in [-0.05, 0) is 53.4 Å². The molecule has 5 heterocycles. The molecule has 13 heteroatoms. The Hall–Kier alpha value is -2.77. The van der Waals surface area contributed by atoms with Crippen molar-refractivity contribution in [3.8, 4) is 0 Å². The molecule has 2 bridgehead atoms. The van der Waals surface area contributed by atoms with Crippen molar-refractivity contribution in [1.82, 2.24) is 20.1 Å². The first-order valence-corrected chi connectivity index (χ1v) is 15.5. The second kappa shape index (κ2) is 11.7. The lowest BCUT2D eigenvalue weighted by atomic mass is 9.71. The Kier molecular flexibility index (Phi) is 8.56. The number of hydrogen-bond acceptors (Lipinski definition) is 10. The number of hydrogen-bond donors (Lipinski definition) is 1. The largest absolute Gasteiger partial charge is 0.467 e. The second-order valence-corrected chi connectivity index (χ2v) is 14.2. The highest BCUT2D eigenvalue weighted by Crippen LogP contribution is 2.46. The van der Waals surface area contributed by atoms with E-state index in [1.54, 1.807) is 43.0 Å². The van der Waals surface area contributed by atoms with Gasteiger partial charge >= 0.3 is 12.1 Å². The molecular formula is C29H42N4O8S. The highest BCUT2D eigenvalue weighted by Gasteiger charge is 2.60. The number of nitrogens with zero attached hydrogens (tertiary/aromatic N) is 3. The average Bonchev–Trinajstić information content (AvgIpc) is 3.62. The normalized spacial score (nSPS) is 27.7. The van der Waals surface area contributed by atoms with Crippen molar-refractivity contribution in [3.63, 3.8) is 0 Å². The van der Waals surface area contributed by atoms with Crippen LogP contribution in [-0.2, 0) is 28.5 Å². The van der Waals surface area contributed by atoms with Crippen molar-refractivity contribution in [2.24, 2.45) is 16.7 Å². The predicted molar refractivity (Wildman–Crippen MR) is 152 cm³/mol. The minimum Gasteiger partial charge on any atom is -0.467 e. The summed E-state index contributed by atoms with van der Waals surface area (Å²) in [6.45, 7) is 9.16. The van der Waals surface area contributed by atoms with Crippen molar-refractivity contribution in [3.05, 3.63) is 16.6 Å². The number of aromatic nitrogens is 1. The molecule has 232 valence electrons. The van der Waals surface area contributed by atoms with E-state index in [2.05, 4.69) is 10.3 Å². The molecule has 1 aliphatic carbocycles. The van der Waals surface area contributed by atoms with Gasteiger partial charge in [0.1, 0.15) is 10.5 Å². The number of thiazole rings is 1. The lowest BCUT2D eigenvalue weighted by Crippen LogP contribution is -2.65. The monoisotopic (exact) mass is 606 g/mol. The number of rotatable bonds is 8. The molecule has 4 saturated heterocycles. The summed E-state index contributed by atoms with van der Waals surface area (Å²) in [5.74, 6) is -1.87. The van der Waals surface area contributed by atoms with E-state index in [4.69, 9.17) is 18.9 Å². The first-order valence-electron chi connectivity index (χ1n) is 14.6. The van der Waals surface area contributed by atoms with Gasteiger partial charge in [0.05, 0.1) is 50.2 Å². The topological polar surface area (TPSA) is 137 Å². The predicted octanol–water partition coefficient (Wildman–Crippen LogP) is 2.47. The van der Waals surface area contributed by atoms with Crippen LogP contribution < -0.4 is 5.32 Å². The van der Waals surface area contributed by atoms with E-state index in [-0.39, 0.29) is 36.9 Å². The van der Waals surface area contributed by atoms with E-state index in [9.17, 15) is 19.2 Å². The van der Waals surface area contributed by atoms with Crippen LogP contribution in [0.5, 0.6) is 0 Å². The third-order valence-electron chi connectivity index (χ3n) is 9.05. The van der Waals surface area contributed by atoms with E-state index in [0.717, 1.165) is 25.7 Å². The molecule has 5 aliphatic rings. The Morgan fingerprint density at radius 3 is 2.43 bits per heavy atom. The van der Waals surface area contributed by atoms with Gasteiger partial charge in [0.15, 0.2) is 6.04 Å². The maximum atomic E-state index is 13.9. The molecule has 12 nitrogen and oxygen atoms in total. The average molecular weight is 607 g/mol. The molecule has 42 heavy (non-hydrogen) atoms. The van der Waals surface area contributed by atoms with E-state index >= 15 is 0 Å². The Morgan fingerprint density at radius 2 is 1.86 bits per heavy atom. The van der Waals surface area contributed by atoms with Crippen LogP contribution in [0.2, 0.25) is 0 Å². The fourth-order valence-corrected chi connectivity index (χ4v) is 7.19. The highest BCUT2D eigenvalue weighted by molar-refractivity contribution is 7.11. The molecule has 1 N–H and O–H groups in total. The molecule has 4 aliphatic heterocycles. The van der Waals surface area contributed by atoms with Crippen LogP contribution in [0.3, 0.4) is 0 Å². The van der Waals surface area contributed by atoms with Crippen molar-refractivity contribution >= 4 is 35.2 Å². The minimum atomic E-state index is -1.04. The SMILES string of the molecule is COC(=O)[C@@H](NC(=O)[C@@H]1CN(C(=O)c2cncs2)CC12CN(C(=O)OC(C)(C)C)C2)[C@@H](C)OCC12CCC(CC1)OC2. The molecule has 1 spiro atoms. The van der Waals surface area contributed by atoms with Crippen LogP contribution in [0, 0.1) is 16.7 Å². The lowest BCUT2D eigenvalue weighted by molar-refractivity contribution is -0.162. The van der Waals surface area contributed by atoms with Gasteiger partial charge in [-0.15, -0.1) is 11.3 Å². The van der Waals surface area contributed by atoms with Gasteiger partial charge in [-0.1, -0.05) is 0 Å². The number of ether oxygens (including phenoxy) is 4. The Morgan fingerprint density at radius 1 is 1.17 bits per heavy atom. The van der Waals surface area contributed by atoms with Gasteiger partial charge in [0, 0.05) is 37.0 Å². The second-order valence-electron chi connectivity index (χ2n) is 13.3. The first kappa shape index (κ1) is 30.7. The van der Waals surface area contributed by atoms with Crippen molar-refractivity contribution in [2.75, 3.05) is 46.5 Å². The fraction of sp³-hybridized carbons (Fsp3) is 0.759. The molecule has 3 amide bonds. The van der Waals surface area contributed by atoms with Crippen molar-refractivity contribution in [2.45, 2.75) is 77.2 Å². The maximum Gasteiger partial charge on any atom is 0.410 e. The third-order valence-corrected chi connectivity index (χ3v) is 9.81. The zero-order valence-corrected chi connectivity index (χ0v) is 25.9. The zero-order valence-electron chi connectivity index (χ0n) is 25.1. The van der Waals surface area contributed by atoms with Crippen LogP contribution in [0.1, 0.15) is 63.0 Å². The summed E-state index contributed by atoms with van der Waals surface area (Å²) in [5.41, 5.74) is 0.178. The summed E-state index contributed by atoms with van der Waals surface area (Å²) in [5, 5.41) is 2.89. The van der Waals surface area contributed by atoms with Gasteiger partial charge in [0.25, 0.3) is 5.91 Å². The molecular weight excluding hydrogens is 564 g/mol. The smallest absolute Gasteiger partial charge is 0.410 e. The summed E-state index contributed by atoms with van der Waals surface area (Å²) in [7, 11) is 1.28. The summed E-state index contributed by atoms with van der Waals surface area (Å²) in [6, 6.07) is -1.04. The van der Waals surface area contributed by atoms with Crippen molar-refractivity contribution < 1.29 is 38.1 Å². The van der Waals surface area contributed by atoms with Crippen LogP contribution >= 0.6 is 11.3 Å². The van der Waals surface area contributed by atoms with Crippen LogP contribution in [0.15, 0.2) is 11.7 Å². The van der Waals surface area contributed by atoms with Gasteiger partial charge in [0.2, 0.25) is 5.91 Å². The Bertz CT molecular complexity index is 1160. The number of fused-ring (bicyclic) bond motifs is 3. The lowest BCUT2D eigenvalue weighted by Gasteiger charge is -2.50. The van der Waals surface area contributed by atoms with Crippen LogP contribution in [0.25, 0.3) is 0 Å². The summed E-state index contributed by atoms with van der Waals surface area (Å²) in [6.07, 6.45) is 4.79. The molecule has 3 atom stereocenters. The zero-order chi connectivity index (χ0) is 30.3. The standard InChI is InChI=1S/C29H42N4O8S/c1-18(39-15-28-8-6-19(7-9-28)40-16-28)22(25(36)38-5)31-23(34)20-11-32(24(35)21-10-30-17-42-21)12-29(20)13-33(14-29)26(37)41-27(2,3)4/h10,17-20,22H,6-9,11-16H2,1-5H3,(H,31,34)/t18-,19?,20+,22+,28?/m1/s1. The number of carbonyl (C=O) groups excluding carboxylic acids is 4. The molecule has 0 radical (unpaired) electrons. The number of nitrogens with one attached hydrogen (secondary N) is 1. The van der Waals surface area contributed by atoms with Gasteiger partial charge in [-0.2, -0.15) is 0 Å². The summed E-state index contributed by atoms with van der Waals surface area (Å²) >= 11 is 1.23. The molecule has 5 fully saturated rings. The number of esters is 1. The van der Waals surface area contributed by atoms with E-state index in [1.807, 2.05) is 0 Å². The summed E-state index contributed by atoms with van der Waals surface area (Å²) < 4.78 is 22.7. The minimum absolute atomic E-state index is 0.0717. The fourth-order valence-electron chi connectivity index (χ4n) is 6.60. The number of carbonyl (C=O) groups is 4. The molecule has 1 aromatic heterocycles. The summed E-state index contributed by atoms with van der Waals surface area (Å²) in [4.78, 5) is 60.4. The Labute approximate surface area is 250 Å². The van der Waals surface area contributed by atoms with E-state index in [0.29, 0.717) is 30.7 Å². The Balaban J connectivity index is 1.29. The molecule has 0 unspecified atom stereocenters.